The number of hydrogen-bond donors (Lipinski definition) is 2. The van der Waals surface area contributed by atoms with Gasteiger partial charge in [0.05, 0.1) is 19.3 Å². The molecule has 1 saturated carbocycles. The quantitative estimate of drug-likeness (QED) is 0.541. The molecule has 0 spiro atoms. The highest BCUT2D eigenvalue weighted by Crippen LogP contribution is 2.34. The first kappa shape index (κ1) is 20.7. The van der Waals surface area contributed by atoms with Crippen LogP contribution in [0.5, 0.6) is 17.2 Å². The Morgan fingerprint density at radius 2 is 1.87 bits per heavy atom. The van der Waals surface area contributed by atoms with Crippen LogP contribution in [-0.4, -0.2) is 24.7 Å². The second kappa shape index (κ2) is 9.08. The second-order valence-corrected chi connectivity index (χ2v) is 7.63. The zero-order chi connectivity index (χ0) is 21.8. The molecule has 0 atom stereocenters. The number of nitrogens with one attached hydrogen (secondary N) is 1. The normalized spacial score (nSPS) is 13.0. The molecule has 0 bridgehead atoms. The predicted octanol–water partition coefficient (Wildman–Crippen LogP) is 4.93. The van der Waals surface area contributed by atoms with Gasteiger partial charge in [-0.1, -0.05) is 30.3 Å². The molecule has 6 heteroatoms. The highest BCUT2D eigenvalue weighted by molar-refractivity contribution is 5.98. The third-order valence-corrected chi connectivity index (χ3v) is 5.28. The van der Waals surface area contributed by atoms with Crippen molar-refractivity contribution in [3.8, 4) is 28.4 Å². The number of aromatic hydroxyl groups is 1. The Bertz CT molecular complexity index is 1090. The monoisotopic (exact) mass is 421 g/mol. The average Bonchev–Trinajstić information content (AvgIpc) is 3.61. The summed E-state index contributed by atoms with van der Waals surface area (Å²) in [6, 6.07) is 16.8. The van der Waals surface area contributed by atoms with Crippen LogP contribution in [0.15, 0.2) is 60.7 Å². The van der Waals surface area contributed by atoms with Crippen LogP contribution in [-0.2, 0) is 6.54 Å². The molecular formula is C25H24FNO4. The number of carbonyl (C=O) groups is 1. The lowest BCUT2D eigenvalue weighted by molar-refractivity contribution is 0.0946. The van der Waals surface area contributed by atoms with Crippen molar-refractivity contribution in [2.45, 2.75) is 19.4 Å². The van der Waals surface area contributed by atoms with E-state index in [1.165, 1.54) is 19.2 Å². The first-order chi connectivity index (χ1) is 15.0. The van der Waals surface area contributed by atoms with Crippen LogP contribution in [0.3, 0.4) is 0 Å². The zero-order valence-electron chi connectivity index (χ0n) is 17.2. The summed E-state index contributed by atoms with van der Waals surface area (Å²) in [5.74, 6) is 0.500. The first-order valence-electron chi connectivity index (χ1n) is 10.2. The molecule has 31 heavy (non-hydrogen) atoms. The van der Waals surface area contributed by atoms with Crippen molar-refractivity contribution < 1.29 is 23.8 Å². The van der Waals surface area contributed by atoms with Gasteiger partial charge in [-0.15, -0.1) is 0 Å². The maximum absolute atomic E-state index is 13.9. The van der Waals surface area contributed by atoms with Crippen LogP contribution in [0.2, 0.25) is 0 Å². The lowest BCUT2D eigenvalue weighted by atomic mass is 10.0. The maximum atomic E-state index is 13.9. The standard InChI is InChI=1S/C25H24FNO4/c1-30-24-10-8-17(12-21(24)26)14-27-25(29)20-13-18(19-4-2-3-5-22(19)28)9-11-23(20)31-15-16-6-7-16/h2-5,8-13,16,28H,6-7,14-15H2,1H3,(H,27,29). The zero-order valence-corrected chi connectivity index (χ0v) is 17.2. The number of amides is 1. The molecule has 0 aliphatic heterocycles. The van der Waals surface area contributed by atoms with E-state index in [2.05, 4.69) is 5.32 Å². The molecule has 1 fully saturated rings. The summed E-state index contributed by atoms with van der Waals surface area (Å²) in [5, 5.41) is 13.0. The number of halogens is 1. The summed E-state index contributed by atoms with van der Waals surface area (Å²) >= 11 is 0. The lowest BCUT2D eigenvalue weighted by Crippen LogP contribution is -2.23. The molecule has 160 valence electrons. The molecule has 5 nitrogen and oxygen atoms in total. The smallest absolute Gasteiger partial charge is 0.255 e. The molecular weight excluding hydrogens is 397 g/mol. The van der Waals surface area contributed by atoms with Gasteiger partial charge < -0.3 is 19.9 Å². The van der Waals surface area contributed by atoms with Gasteiger partial charge in [0.1, 0.15) is 11.5 Å². The molecule has 0 aromatic heterocycles. The Balaban J connectivity index is 1.57. The van der Waals surface area contributed by atoms with Gasteiger partial charge in [-0.3, -0.25) is 4.79 Å². The van der Waals surface area contributed by atoms with E-state index in [1.807, 2.05) is 12.1 Å². The Labute approximate surface area is 180 Å². The number of phenolic OH excluding ortho intramolecular Hbond substituents is 1. The largest absolute Gasteiger partial charge is 0.507 e. The van der Waals surface area contributed by atoms with Crippen molar-refractivity contribution in [2.75, 3.05) is 13.7 Å². The third kappa shape index (κ3) is 4.97. The Morgan fingerprint density at radius 3 is 2.58 bits per heavy atom. The molecule has 0 unspecified atom stereocenters. The van der Waals surface area contributed by atoms with Gasteiger partial charge >= 0.3 is 0 Å². The van der Waals surface area contributed by atoms with Crippen LogP contribution in [0.25, 0.3) is 11.1 Å². The second-order valence-electron chi connectivity index (χ2n) is 7.63. The van der Waals surface area contributed by atoms with Crippen LogP contribution in [0, 0.1) is 11.7 Å². The molecule has 4 rings (SSSR count). The SMILES string of the molecule is COc1ccc(CNC(=O)c2cc(-c3ccccc3O)ccc2OCC2CC2)cc1F. The summed E-state index contributed by atoms with van der Waals surface area (Å²) < 4.78 is 24.8. The van der Waals surface area contributed by atoms with E-state index < -0.39 is 5.82 Å². The minimum atomic E-state index is -0.482. The van der Waals surface area contributed by atoms with Crippen LogP contribution >= 0.6 is 0 Å². The van der Waals surface area contributed by atoms with Crippen LogP contribution in [0.1, 0.15) is 28.8 Å². The Hall–Kier alpha value is -3.54. The van der Waals surface area contributed by atoms with E-state index in [4.69, 9.17) is 9.47 Å². The fraction of sp³-hybridized carbons (Fsp3) is 0.240. The Kier molecular flexibility index (Phi) is 6.07. The van der Waals surface area contributed by atoms with Crippen molar-refractivity contribution in [1.82, 2.24) is 5.32 Å². The molecule has 1 aliphatic carbocycles. The van der Waals surface area contributed by atoms with E-state index in [9.17, 15) is 14.3 Å². The number of hydrogen-bond acceptors (Lipinski definition) is 4. The van der Waals surface area contributed by atoms with E-state index in [1.54, 1.807) is 36.4 Å². The summed E-state index contributed by atoms with van der Waals surface area (Å²) in [5.41, 5.74) is 2.32. The highest BCUT2D eigenvalue weighted by atomic mass is 19.1. The van der Waals surface area contributed by atoms with Crippen molar-refractivity contribution in [1.29, 1.82) is 0 Å². The van der Waals surface area contributed by atoms with Gasteiger partial charge in [0.25, 0.3) is 5.91 Å². The number of ether oxygens (including phenoxy) is 2. The average molecular weight is 421 g/mol. The first-order valence-corrected chi connectivity index (χ1v) is 10.2. The number of methoxy groups -OCH3 is 1. The molecule has 0 radical (unpaired) electrons. The van der Waals surface area contributed by atoms with E-state index in [0.29, 0.717) is 40.5 Å². The van der Waals surface area contributed by atoms with E-state index >= 15 is 0 Å². The van der Waals surface area contributed by atoms with Crippen LogP contribution in [0.4, 0.5) is 4.39 Å². The lowest BCUT2D eigenvalue weighted by Gasteiger charge is -2.14. The van der Waals surface area contributed by atoms with Gasteiger partial charge in [-0.2, -0.15) is 0 Å². The van der Waals surface area contributed by atoms with Gasteiger partial charge in [0.2, 0.25) is 0 Å². The van der Waals surface area contributed by atoms with E-state index in [0.717, 1.165) is 12.8 Å². The van der Waals surface area contributed by atoms with Crippen molar-refractivity contribution in [3.63, 3.8) is 0 Å². The maximum Gasteiger partial charge on any atom is 0.255 e. The number of carbonyl (C=O) groups excluding carboxylic acids is 1. The van der Waals surface area contributed by atoms with E-state index in [-0.39, 0.29) is 24.0 Å². The molecule has 1 amide bonds. The van der Waals surface area contributed by atoms with Crippen molar-refractivity contribution in [3.05, 3.63) is 77.6 Å². The molecule has 0 saturated heterocycles. The van der Waals surface area contributed by atoms with Gasteiger partial charge in [0, 0.05) is 12.1 Å². The van der Waals surface area contributed by atoms with Crippen molar-refractivity contribution in [2.24, 2.45) is 5.92 Å². The summed E-state index contributed by atoms with van der Waals surface area (Å²) in [6.07, 6.45) is 2.28. The molecule has 0 heterocycles. The number of benzene rings is 3. The Morgan fingerprint density at radius 1 is 1.10 bits per heavy atom. The molecule has 1 aliphatic rings. The van der Waals surface area contributed by atoms with Crippen molar-refractivity contribution >= 4 is 5.91 Å². The number of rotatable bonds is 8. The molecule has 3 aromatic rings. The summed E-state index contributed by atoms with van der Waals surface area (Å²) in [6.45, 7) is 0.725. The summed E-state index contributed by atoms with van der Waals surface area (Å²) in [7, 11) is 1.40. The highest BCUT2D eigenvalue weighted by Gasteiger charge is 2.23. The number of phenols is 1. The fourth-order valence-electron chi connectivity index (χ4n) is 3.31. The van der Waals surface area contributed by atoms with Gasteiger partial charge in [0.15, 0.2) is 11.6 Å². The van der Waals surface area contributed by atoms with Gasteiger partial charge in [-0.25, -0.2) is 4.39 Å². The predicted molar refractivity (Wildman–Crippen MR) is 116 cm³/mol. The van der Waals surface area contributed by atoms with Crippen LogP contribution < -0.4 is 14.8 Å². The molecule has 2 N–H and O–H groups in total. The number of para-hydroxylation sites is 1. The minimum Gasteiger partial charge on any atom is -0.507 e. The van der Waals surface area contributed by atoms with Gasteiger partial charge in [-0.05, 0) is 60.2 Å². The molecule has 3 aromatic carbocycles. The third-order valence-electron chi connectivity index (χ3n) is 5.28. The summed E-state index contributed by atoms with van der Waals surface area (Å²) in [4.78, 5) is 13.0. The fourth-order valence-corrected chi connectivity index (χ4v) is 3.31. The topological polar surface area (TPSA) is 67.8 Å². The minimum absolute atomic E-state index is 0.134.